The number of aryl methyl sites for hydroxylation is 1. The van der Waals surface area contributed by atoms with E-state index in [9.17, 15) is 4.79 Å². The molecule has 122 valence electrons. The highest BCUT2D eigenvalue weighted by atomic mass is 35.5. The molecule has 1 aromatic carbocycles. The van der Waals surface area contributed by atoms with E-state index in [1.165, 1.54) is 23.9 Å². The average Bonchev–Trinajstić information content (AvgIpc) is 2.75. The summed E-state index contributed by atoms with van der Waals surface area (Å²) < 4.78 is 2.24. The van der Waals surface area contributed by atoms with E-state index in [2.05, 4.69) is 41.9 Å². The SMILES string of the molecule is Cc1cc(/C=N\Nc2cc(C(=O)O)ccc2Cl)c(C)n1C(C)C. The van der Waals surface area contributed by atoms with E-state index in [1.54, 1.807) is 6.21 Å². The van der Waals surface area contributed by atoms with Crippen LogP contribution in [0.15, 0.2) is 29.4 Å². The summed E-state index contributed by atoms with van der Waals surface area (Å²) in [5, 5.41) is 13.6. The van der Waals surface area contributed by atoms with Crippen LogP contribution >= 0.6 is 11.6 Å². The number of nitrogens with one attached hydrogen (secondary N) is 1. The fourth-order valence-electron chi connectivity index (χ4n) is 2.64. The van der Waals surface area contributed by atoms with Gasteiger partial charge in [0.1, 0.15) is 0 Å². The summed E-state index contributed by atoms with van der Waals surface area (Å²) in [6.45, 7) is 8.38. The molecule has 0 radical (unpaired) electrons. The maximum atomic E-state index is 11.0. The number of carboxylic acid groups (broad SMARTS) is 1. The van der Waals surface area contributed by atoms with E-state index in [0.29, 0.717) is 16.8 Å². The molecule has 1 aromatic heterocycles. The smallest absolute Gasteiger partial charge is 0.335 e. The van der Waals surface area contributed by atoms with Crippen LogP contribution in [0.5, 0.6) is 0 Å². The van der Waals surface area contributed by atoms with Gasteiger partial charge in [0.05, 0.1) is 22.5 Å². The Morgan fingerprint density at radius 3 is 2.61 bits per heavy atom. The molecule has 0 aliphatic carbocycles. The zero-order valence-electron chi connectivity index (χ0n) is 13.6. The first-order valence-corrected chi connectivity index (χ1v) is 7.69. The van der Waals surface area contributed by atoms with Crippen LogP contribution in [0, 0.1) is 13.8 Å². The number of aromatic carboxylic acids is 1. The molecule has 0 bridgehead atoms. The topological polar surface area (TPSA) is 66.6 Å². The van der Waals surface area contributed by atoms with Crippen molar-refractivity contribution in [2.45, 2.75) is 33.7 Å². The molecule has 2 rings (SSSR count). The number of carbonyl (C=O) groups is 1. The Balaban J connectivity index is 2.21. The Morgan fingerprint density at radius 2 is 2.04 bits per heavy atom. The number of nitrogens with zero attached hydrogens (tertiary/aromatic N) is 2. The molecule has 2 aromatic rings. The molecule has 0 aliphatic heterocycles. The van der Waals surface area contributed by atoms with Crippen molar-refractivity contribution in [3.8, 4) is 0 Å². The fourth-order valence-corrected chi connectivity index (χ4v) is 2.80. The Morgan fingerprint density at radius 1 is 1.35 bits per heavy atom. The van der Waals surface area contributed by atoms with Crippen LogP contribution in [-0.2, 0) is 0 Å². The second-order valence-electron chi connectivity index (χ2n) is 5.66. The minimum absolute atomic E-state index is 0.157. The number of rotatable bonds is 5. The van der Waals surface area contributed by atoms with Gasteiger partial charge in [-0.25, -0.2) is 4.79 Å². The Bertz CT molecular complexity index is 763. The number of hydrogen-bond donors (Lipinski definition) is 2. The van der Waals surface area contributed by atoms with Crippen molar-refractivity contribution >= 4 is 29.5 Å². The van der Waals surface area contributed by atoms with Crippen molar-refractivity contribution in [3.63, 3.8) is 0 Å². The lowest BCUT2D eigenvalue weighted by atomic mass is 10.2. The standard InChI is InChI=1S/C17H20ClN3O2/c1-10(2)21-11(3)7-14(12(21)4)9-19-20-16-8-13(17(22)23)5-6-15(16)18/h5-10,20H,1-4H3,(H,22,23)/b19-9-. The second-order valence-corrected chi connectivity index (χ2v) is 6.07. The number of aromatic nitrogens is 1. The monoisotopic (exact) mass is 333 g/mol. The van der Waals surface area contributed by atoms with Crippen LogP contribution < -0.4 is 5.43 Å². The molecule has 0 saturated carbocycles. The zero-order valence-corrected chi connectivity index (χ0v) is 14.3. The summed E-state index contributed by atoms with van der Waals surface area (Å²) in [6, 6.07) is 6.89. The quantitative estimate of drug-likeness (QED) is 0.626. The number of benzene rings is 1. The highest BCUT2D eigenvalue weighted by Gasteiger charge is 2.10. The van der Waals surface area contributed by atoms with Gasteiger partial charge in [-0.2, -0.15) is 5.10 Å². The second kappa shape index (κ2) is 6.87. The van der Waals surface area contributed by atoms with Crippen molar-refractivity contribution in [2.24, 2.45) is 5.10 Å². The van der Waals surface area contributed by atoms with E-state index in [0.717, 1.165) is 11.3 Å². The maximum absolute atomic E-state index is 11.0. The van der Waals surface area contributed by atoms with Crippen molar-refractivity contribution in [1.29, 1.82) is 0 Å². The van der Waals surface area contributed by atoms with Gasteiger partial charge in [0.25, 0.3) is 0 Å². The molecular formula is C17H20ClN3O2. The van der Waals surface area contributed by atoms with Crippen molar-refractivity contribution < 1.29 is 9.90 Å². The highest BCUT2D eigenvalue weighted by Crippen LogP contribution is 2.23. The molecule has 0 fully saturated rings. The first kappa shape index (κ1) is 17.1. The predicted octanol–water partition coefficient (Wildman–Crippen LogP) is 4.48. The van der Waals surface area contributed by atoms with Crippen molar-refractivity contribution in [3.05, 3.63) is 51.8 Å². The van der Waals surface area contributed by atoms with Gasteiger partial charge in [0, 0.05) is 23.0 Å². The van der Waals surface area contributed by atoms with E-state index < -0.39 is 5.97 Å². The maximum Gasteiger partial charge on any atom is 0.335 e. The molecule has 0 saturated heterocycles. The first-order valence-electron chi connectivity index (χ1n) is 7.31. The third-order valence-corrected chi connectivity index (χ3v) is 3.97. The van der Waals surface area contributed by atoms with Gasteiger partial charge >= 0.3 is 5.97 Å². The fraction of sp³-hybridized carbons (Fsp3) is 0.294. The minimum atomic E-state index is -1.01. The molecule has 2 N–H and O–H groups in total. The number of anilines is 1. The third kappa shape index (κ3) is 3.74. The van der Waals surface area contributed by atoms with E-state index >= 15 is 0 Å². The van der Waals surface area contributed by atoms with Crippen LogP contribution in [0.3, 0.4) is 0 Å². The molecule has 0 amide bonds. The van der Waals surface area contributed by atoms with Crippen LogP contribution in [0.2, 0.25) is 5.02 Å². The lowest BCUT2D eigenvalue weighted by Gasteiger charge is -2.13. The Kier molecular flexibility index (Phi) is 5.11. The molecule has 0 spiro atoms. The molecule has 1 heterocycles. The van der Waals surface area contributed by atoms with Gasteiger partial charge in [-0.05, 0) is 52.0 Å². The number of hydrogen-bond acceptors (Lipinski definition) is 3. The molecule has 5 nitrogen and oxygen atoms in total. The van der Waals surface area contributed by atoms with Gasteiger partial charge in [-0.15, -0.1) is 0 Å². The van der Waals surface area contributed by atoms with E-state index in [1.807, 2.05) is 6.92 Å². The normalized spacial score (nSPS) is 11.4. The lowest BCUT2D eigenvalue weighted by molar-refractivity contribution is 0.0697. The molecular weight excluding hydrogens is 314 g/mol. The number of carboxylic acids is 1. The van der Waals surface area contributed by atoms with Crippen LogP contribution in [0.25, 0.3) is 0 Å². The largest absolute Gasteiger partial charge is 0.478 e. The van der Waals surface area contributed by atoms with Crippen molar-refractivity contribution in [1.82, 2.24) is 4.57 Å². The highest BCUT2D eigenvalue weighted by molar-refractivity contribution is 6.33. The Hall–Kier alpha value is -2.27. The first-order chi connectivity index (χ1) is 10.8. The van der Waals surface area contributed by atoms with Gasteiger partial charge in [0.15, 0.2) is 0 Å². The summed E-state index contributed by atoms with van der Waals surface area (Å²) in [5.74, 6) is -1.01. The molecule has 0 unspecified atom stereocenters. The Labute approximate surface area is 140 Å². The summed E-state index contributed by atoms with van der Waals surface area (Å²) in [4.78, 5) is 11.0. The molecule has 0 atom stereocenters. The van der Waals surface area contributed by atoms with E-state index in [-0.39, 0.29) is 5.56 Å². The third-order valence-electron chi connectivity index (χ3n) is 3.64. The van der Waals surface area contributed by atoms with Crippen molar-refractivity contribution in [2.75, 3.05) is 5.43 Å². The summed E-state index contributed by atoms with van der Waals surface area (Å²) >= 11 is 6.05. The van der Waals surface area contributed by atoms with Gasteiger partial charge in [-0.1, -0.05) is 11.6 Å². The van der Waals surface area contributed by atoms with E-state index in [4.69, 9.17) is 16.7 Å². The summed E-state index contributed by atoms with van der Waals surface area (Å²) in [5.41, 5.74) is 6.74. The van der Waals surface area contributed by atoms with Crippen LogP contribution in [0.4, 0.5) is 5.69 Å². The summed E-state index contributed by atoms with van der Waals surface area (Å²) in [7, 11) is 0. The van der Waals surface area contributed by atoms with Crippen LogP contribution in [-0.4, -0.2) is 21.9 Å². The van der Waals surface area contributed by atoms with Crippen LogP contribution in [0.1, 0.15) is 47.2 Å². The number of hydrazone groups is 1. The summed E-state index contributed by atoms with van der Waals surface area (Å²) in [6.07, 6.45) is 1.71. The minimum Gasteiger partial charge on any atom is -0.478 e. The average molecular weight is 334 g/mol. The molecule has 6 heteroatoms. The lowest BCUT2D eigenvalue weighted by Crippen LogP contribution is -2.05. The zero-order chi connectivity index (χ0) is 17.1. The molecule has 0 aliphatic rings. The predicted molar refractivity (Wildman–Crippen MR) is 93.9 cm³/mol. The molecule has 23 heavy (non-hydrogen) atoms. The van der Waals surface area contributed by atoms with Gasteiger partial charge < -0.3 is 9.67 Å². The number of halogens is 1. The van der Waals surface area contributed by atoms with Gasteiger partial charge in [-0.3, -0.25) is 5.43 Å². The van der Waals surface area contributed by atoms with Gasteiger partial charge in [0.2, 0.25) is 0 Å².